The standard InChI is InChI=1S/C13H16O4/c1-5-17-13(15)11(14)10-7-8(2)6-9(3)12(10)16-4/h6-7H,5H2,1-4H3. The highest BCUT2D eigenvalue weighted by Gasteiger charge is 2.22. The number of aryl methyl sites for hydroxylation is 2. The second-order valence-electron chi connectivity index (χ2n) is 3.71. The molecule has 0 atom stereocenters. The number of rotatable bonds is 4. The van der Waals surface area contributed by atoms with E-state index < -0.39 is 11.8 Å². The number of ether oxygens (including phenoxy) is 2. The molecule has 0 saturated carbocycles. The Morgan fingerprint density at radius 1 is 1.24 bits per heavy atom. The summed E-state index contributed by atoms with van der Waals surface area (Å²) in [6.45, 7) is 5.52. The number of esters is 1. The summed E-state index contributed by atoms with van der Waals surface area (Å²) in [6.07, 6.45) is 0. The van der Waals surface area contributed by atoms with E-state index in [1.165, 1.54) is 7.11 Å². The van der Waals surface area contributed by atoms with Gasteiger partial charge in [0.1, 0.15) is 5.75 Å². The van der Waals surface area contributed by atoms with Crippen molar-refractivity contribution in [3.63, 3.8) is 0 Å². The quantitative estimate of drug-likeness (QED) is 0.456. The van der Waals surface area contributed by atoms with Crippen molar-refractivity contribution in [3.8, 4) is 5.75 Å². The maximum Gasteiger partial charge on any atom is 0.379 e. The molecule has 0 bridgehead atoms. The average molecular weight is 236 g/mol. The Bertz CT molecular complexity index is 449. The first kappa shape index (κ1) is 13.2. The molecule has 1 aromatic rings. The van der Waals surface area contributed by atoms with Gasteiger partial charge in [0.15, 0.2) is 0 Å². The molecular weight excluding hydrogens is 220 g/mol. The van der Waals surface area contributed by atoms with Crippen LogP contribution in [0.15, 0.2) is 12.1 Å². The second kappa shape index (κ2) is 5.48. The van der Waals surface area contributed by atoms with Gasteiger partial charge in [-0.25, -0.2) is 4.79 Å². The number of hydrogen-bond acceptors (Lipinski definition) is 4. The van der Waals surface area contributed by atoms with Gasteiger partial charge < -0.3 is 9.47 Å². The Morgan fingerprint density at radius 3 is 2.41 bits per heavy atom. The topological polar surface area (TPSA) is 52.6 Å². The predicted molar refractivity (Wildman–Crippen MR) is 63.4 cm³/mol. The Morgan fingerprint density at radius 2 is 1.88 bits per heavy atom. The van der Waals surface area contributed by atoms with Crippen molar-refractivity contribution >= 4 is 11.8 Å². The summed E-state index contributed by atoms with van der Waals surface area (Å²) in [5.41, 5.74) is 1.97. The van der Waals surface area contributed by atoms with Crippen LogP contribution in [-0.4, -0.2) is 25.5 Å². The molecule has 0 fully saturated rings. The van der Waals surface area contributed by atoms with E-state index in [0.29, 0.717) is 5.75 Å². The zero-order valence-corrected chi connectivity index (χ0v) is 10.5. The number of carbonyl (C=O) groups is 2. The number of Topliss-reactive ketones (excluding diaryl/α,β-unsaturated/α-hetero) is 1. The van der Waals surface area contributed by atoms with Crippen molar-refractivity contribution in [1.29, 1.82) is 0 Å². The molecule has 0 aliphatic rings. The molecule has 4 nitrogen and oxygen atoms in total. The number of benzene rings is 1. The van der Waals surface area contributed by atoms with E-state index in [4.69, 9.17) is 9.47 Å². The highest BCUT2D eigenvalue weighted by atomic mass is 16.5. The lowest BCUT2D eigenvalue weighted by molar-refractivity contribution is -0.137. The third-order valence-corrected chi connectivity index (χ3v) is 2.33. The molecule has 0 aromatic heterocycles. The maximum absolute atomic E-state index is 11.9. The minimum absolute atomic E-state index is 0.178. The van der Waals surface area contributed by atoms with Crippen LogP contribution in [0.3, 0.4) is 0 Å². The largest absolute Gasteiger partial charge is 0.496 e. The summed E-state index contributed by atoms with van der Waals surface area (Å²) in [5.74, 6) is -1.10. The summed E-state index contributed by atoms with van der Waals surface area (Å²) in [4.78, 5) is 23.3. The molecule has 0 aliphatic carbocycles. The van der Waals surface area contributed by atoms with E-state index >= 15 is 0 Å². The predicted octanol–water partition coefficient (Wildman–Crippen LogP) is 2.06. The monoisotopic (exact) mass is 236 g/mol. The fourth-order valence-corrected chi connectivity index (χ4v) is 1.70. The van der Waals surface area contributed by atoms with Crippen LogP contribution < -0.4 is 4.74 Å². The highest BCUT2D eigenvalue weighted by Crippen LogP contribution is 2.25. The number of methoxy groups -OCH3 is 1. The Hall–Kier alpha value is -1.84. The summed E-state index contributed by atoms with van der Waals surface area (Å²) in [5, 5.41) is 0. The van der Waals surface area contributed by atoms with Gasteiger partial charge in [0.25, 0.3) is 5.78 Å². The van der Waals surface area contributed by atoms with E-state index in [1.54, 1.807) is 13.0 Å². The van der Waals surface area contributed by atoms with Gasteiger partial charge in [-0.2, -0.15) is 0 Å². The molecule has 0 radical (unpaired) electrons. The zero-order chi connectivity index (χ0) is 13.0. The molecule has 0 spiro atoms. The Labute approximate surface area is 101 Å². The van der Waals surface area contributed by atoms with Gasteiger partial charge in [0, 0.05) is 0 Å². The van der Waals surface area contributed by atoms with Crippen LogP contribution >= 0.6 is 0 Å². The first-order chi connectivity index (χ1) is 8.01. The smallest absolute Gasteiger partial charge is 0.379 e. The molecule has 0 heterocycles. The first-order valence-electron chi connectivity index (χ1n) is 5.38. The molecule has 0 amide bonds. The molecule has 0 unspecified atom stereocenters. The van der Waals surface area contributed by atoms with Gasteiger partial charge in [0.05, 0.1) is 19.3 Å². The summed E-state index contributed by atoms with van der Waals surface area (Å²) < 4.78 is 9.85. The van der Waals surface area contributed by atoms with Crippen LogP contribution in [0.25, 0.3) is 0 Å². The third kappa shape index (κ3) is 2.84. The van der Waals surface area contributed by atoms with Crippen molar-refractivity contribution in [1.82, 2.24) is 0 Å². The molecule has 1 rings (SSSR count). The minimum atomic E-state index is -0.851. The molecular formula is C13H16O4. The zero-order valence-electron chi connectivity index (χ0n) is 10.5. The lowest BCUT2D eigenvalue weighted by atomic mass is 10.0. The first-order valence-corrected chi connectivity index (χ1v) is 5.38. The van der Waals surface area contributed by atoms with Gasteiger partial charge in [-0.3, -0.25) is 4.79 Å². The average Bonchev–Trinajstić information content (AvgIpc) is 2.27. The van der Waals surface area contributed by atoms with Crippen molar-refractivity contribution in [2.75, 3.05) is 13.7 Å². The van der Waals surface area contributed by atoms with Crippen LogP contribution in [-0.2, 0) is 9.53 Å². The minimum Gasteiger partial charge on any atom is -0.496 e. The molecule has 0 aliphatic heterocycles. The van der Waals surface area contributed by atoms with E-state index in [0.717, 1.165) is 11.1 Å². The van der Waals surface area contributed by atoms with E-state index in [2.05, 4.69) is 0 Å². The van der Waals surface area contributed by atoms with Crippen LogP contribution in [0.1, 0.15) is 28.4 Å². The van der Waals surface area contributed by atoms with Gasteiger partial charge in [-0.15, -0.1) is 0 Å². The third-order valence-electron chi connectivity index (χ3n) is 2.33. The number of ketones is 1. The Balaban J connectivity index is 3.20. The van der Waals surface area contributed by atoms with Crippen molar-refractivity contribution < 1.29 is 19.1 Å². The number of hydrogen-bond donors (Lipinski definition) is 0. The van der Waals surface area contributed by atoms with E-state index in [-0.39, 0.29) is 12.2 Å². The maximum atomic E-state index is 11.9. The lowest BCUT2D eigenvalue weighted by Gasteiger charge is -2.11. The molecule has 1 aromatic carbocycles. The van der Waals surface area contributed by atoms with E-state index in [1.807, 2.05) is 19.9 Å². The van der Waals surface area contributed by atoms with E-state index in [9.17, 15) is 9.59 Å². The van der Waals surface area contributed by atoms with Crippen molar-refractivity contribution in [3.05, 3.63) is 28.8 Å². The van der Waals surface area contributed by atoms with Crippen molar-refractivity contribution in [2.45, 2.75) is 20.8 Å². The molecule has 0 saturated heterocycles. The van der Waals surface area contributed by atoms with Gasteiger partial charge in [0.2, 0.25) is 0 Å². The fraction of sp³-hybridized carbons (Fsp3) is 0.385. The van der Waals surface area contributed by atoms with Crippen LogP contribution in [0.4, 0.5) is 0 Å². The molecule has 4 heteroatoms. The Kier molecular flexibility index (Phi) is 4.26. The summed E-state index contributed by atoms with van der Waals surface area (Å²) in [7, 11) is 1.47. The highest BCUT2D eigenvalue weighted by molar-refractivity contribution is 6.41. The van der Waals surface area contributed by atoms with Gasteiger partial charge >= 0.3 is 5.97 Å². The fourth-order valence-electron chi connectivity index (χ4n) is 1.70. The molecule has 0 N–H and O–H groups in total. The van der Waals surface area contributed by atoms with Gasteiger partial charge in [-0.1, -0.05) is 6.07 Å². The summed E-state index contributed by atoms with van der Waals surface area (Å²) in [6, 6.07) is 3.52. The second-order valence-corrected chi connectivity index (χ2v) is 3.71. The normalized spacial score (nSPS) is 9.88. The van der Waals surface area contributed by atoms with Crippen LogP contribution in [0, 0.1) is 13.8 Å². The number of carbonyl (C=O) groups excluding carboxylic acids is 2. The van der Waals surface area contributed by atoms with Crippen LogP contribution in [0.2, 0.25) is 0 Å². The van der Waals surface area contributed by atoms with Gasteiger partial charge in [-0.05, 0) is 38.0 Å². The lowest BCUT2D eigenvalue weighted by Crippen LogP contribution is -2.18. The van der Waals surface area contributed by atoms with Crippen LogP contribution in [0.5, 0.6) is 5.75 Å². The molecule has 92 valence electrons. The van der Waals surface area contributed by atoms with Crippen molar-refractivity contribution in [2.24, 2.45) is 0 Å². The SMILES string of the molecule is CCOC(=O)C(=O)c1cc(C)cc(C)c1OC. The molecule has 17 heavy (non-hydrogen) atoms. The summed E-state index contributed by atoms with van der Waals surface area (Å²) >= 11 is 0.